The summed E-state index contributed by atoms with van der Waals surface area (Å²) in [6, 6.07) is 3.08. The van der Waals surface area contributed by atoms with Crippen LogP contribution in [0, 0.1) is 12.0 Å². The number of nitrogens with zero attached hydrogens (tertiary/aromatic N) is 1. The monoisotopic (exact) mass is 225 g/mol. The van der Waals surface area contributed by atoms with Crippen molar-refractivity contribution in [2.24, 2.45) is 0 Å². The quantitative estimate of drug-likeness (QED) is 0.651. The zero-order valence-corrected chi connectivity index (χ0v) is 9.61. The number of rotatable bonds is 2. The number of morpholine rings is 1. The van der Waals surface area contributed by atoms with Crippen LogP contribution in [0.5, 0.6) is 0 Å². The Morgan fingerprint density at radius 2 is 2.06 bits per heavy atom. The van der Waals surface area contributed by atoms with E-state index in [1.807, 2.05) is 0 Å². The zero-order valence-electron chi connectivity index (χ0n) is 9.61. The SMILES string of the molecule is C(#CN1CCOCC1)CO[C@@H]1CCCCO1. The van der Waals surface area contributed by atoms with Crippen LogP contribution in [0.25, 0.3) is 0 Å². The van der Waals surface area contributed by atoms with E-state index in [0.717, 1.165) is 45.8 Å². The molecule has 2 fully saturated rings. The lowest BCUT2D eigenvalue weighted by Crippen LogP contribution is -2.32. The Morgan fingerprint density at radius 1 is 1.19 bits per heavy atom. The van der Waals surface area contributed by atoms with Gasteiger partial charge in [0.15, 0.2) is 6.29 Å². The Bertz CT molecular complexity index is 247. The van der Waals surface area contributed by atoms with Crippen LogP contribution < -0.4 is 0 Å². The molecule has 0 radical (unpaired) electrons. The molecule has 16 heavy (non-hydrogen) atoms. The summed E-state index contributed by atoms with van der Waals surface area (Å²) < 4.78 is 16.2. The van der Waals surface area contributed by atoms with Crippen LogP contribution in [0.15, 0.2) is 0 Å². The van der Waals surface area contributed by atoms with Crippen molar-refractivity contribution >= 4 is 0 Å². The summed E-state index contributed by atoms with van der Waals surface area (Å²) >= 11 is 0. The highest BCUT2D eigenvalue weighted by molar-refractivity contribution is 4.99. The number of hydrogen-bond acceptors (Lipinski definition) is 4. The molecule has 0 N–H and O–H groups in total. The second kappa shape index (κ2) is 6.74. The number of ether oxygens (including phenoxy) is 3. The maximum atomic E-state index is 5.52. The van der Waals surface area contributed by atoms with E-state index in [-0.39, 0.29) is 6.29 Å². The van der Waals surface area contributed by atoms with Crippen LogP contribution in [-0.2, 0) is 14.2 Å². The van der Waals surface area contributed by atoms with Crippen molar-refractivity contribution in [3.05, 3.63) is 0 Å². The molecule has 0 bridgehead atoms. The van der Waals surface area contributed by atoms with Crippen LogP contribution in [-0.4, -0.2) is 50.7 Å². The molecule has 0 amide bonds. The summed E-state index contributed by atoms with van der Waals surface area (Å²) in [6.07, 6.45) is 3.31. The average Bonchev–Trinajstić information content (AvgIpc) is 2.37. The minimum absolute atomic E-state index is 0.0345. The van der Waals surface area contributed by atoms with Crippen LogP contribution in [0.2, 0.25) is 0 Å². The normalized spacial score (nSPS) is 26.0. The van der Waals surface area contributed by atoms with E-state index >= 15 is 0 Å². The summed E-state index contributed by atoms with van der Waals surface area (Å²) in [5.74, 6) is 3.02. The molecule has 4 nitrogen and oxygen atoms in total. The Morgan fingerprint density at radius 3 is 2.81 bits per heavy atom. The van der Waals surface area contributed by atoms with Crippen LogP contribution in [0.4, 0.5) is 0 Å². The molecule has 0 aliphatic carbocycles. The van der Waals surface area contributed by atoms with Crippen molar-refractivity contribution in [1.82, 2.24) is 4.90 Å². The molecular weight excluding hydrogens is 206 g/mol. The van der Waals surface area contributed by atoms with Gasteiger partial charge in [0.2, 0.25) is 0 Å². The molecule has 4 heteroatoms. The van der Waals surface area contributed by atoms with Gasteiger partial charge < -0.3 is 19.1 Å². The minimum atomic E-state index is -0.0345. The van der Waals surface area contributed by atoms with Crippen molar-refractivity contribution in [2.45, 2.75) is 25.6 Å². The fourth-order valence-electron chi connectivity index (χ4n) is 1.80. The van der Waals surface area contributed by atoms with E-state index in [9.17, 15) is 0 Å². The molecule has 0 aromatic carbocycles. The highest BCUT2D eigenvalue weighted by atomic mass is 16.7. The van der Waals surface area contributed by atoms with Crippen molar-refractivity contribution in [3.8, 4) is 12.0 Å². The minimum Gasteiger partial charge on any atom is -0.378 e. The standard InChI is InChI=1S/C12H19NO3/c1-2-8-15-12(4-1)16-9-3-5-13-6-10-14-11-7-13/h12H,1-2,4,6-11H2/t12-/m1/s1. The molecule has 2 aliphatic heterocycles. The zero-order chi connectivity index (χ0) is 11.1. The fourth-order valence-corrected chi connectivity index (χ4v) is 1.80. The van der Waals surface area contributed by atoms with Gasteiger partial charge in [-0.05, 0) is 19.3 Å². The van der Waals surface area contributed by atoms with Gasteiger partial charge in [-0.25, -0.2) is 0 Å². The Hall–Kier alpha value is -0.760. The lowest BCUT2D eigenvalue weighted by Gasteiger charge is -2.23. The molecule has 0 saturated carbocycles. The van der Waals surface area contributed by atoms with Gasteiger partial charge >= 0.3 is 0 Å². The first kappa shape index (κ1) is 11.7. The van der Waals surface area contributed by atoms with Gasteiger partial charge in [0.1, 0.15) is 6.61 Å². The first-order valence-corrected chi connectivity index (χ1v) is 5.99. The first-order valence-electron chi connectivity index (χ1n) is 5.99. The Balaban J connectivity index is 1.60. The van der Waals surface area contributed by atoms with Crippen LogP contribution in [0.3, 0.4) is 0 Å². The highest BCUT2D eigenvalue weighted by Gasteiger charge is 2.12. The van der Waals surface area contributed by atoms with E-state index in [1.54, 1.807) is 0 Å². The molecule has 90 valence electrons. The van der Waals surface area contributed by atoms with Crippen molar-refractivity contribution in [2.75, 3.05) is 39.5 Å². The van der Waals surface area contributed by atoms with Crippen molar-refractivity contribution in [1.29, 1.82) is 0 Å². The van der Waals surface area contributed by atoms with Gasteiger partial charge in [0, 0.05) is 25.7 Å². The van der Waals surface area contributed by atoms with Crippen LogP contribution in [0.1, 0.15) is 19.3 Å². The van der Waals surface area contributed by atoms with Crippen molar-refractivity contribution < 1.29 is 14.2 Å². The van der Waals surface area contributed by atoms with E-state index < -0.39 is 0 Å². The molecule has 0 aromatic heterocycles. The smallest absolute Gasteiger partial charge is 0.158 e. The van der Waals surface area contributed by atoms with Gasteiger partial charge in [-0.3, -0.25) is 0 Å². The second-order valence-corrected chi connectivity index (χ2v) is 4.00. The summed E-state index contributed by atoms with van der Waals surface area (Å²) in [5, 5.41) is 0. The maximum absolute atomic E-state index is 5.52. The summed E-state index contributed by atoms with van der Waals surface area (Å²) in [6.45, 7) is 4.63. The third-order valence-electron chi connectivity index (χ3n) is 2.73. The van der Waals surface area contributed by atoms with E-state index in [1.165, 1.54) is 6.42 Å². The molecular formula is C12H19NO3. The van der Waals surface area contributed by atoms with Gasteiger partial charge in [-0.15, -0.1) is 0 Å². The molecule has 2 rings (SSSR count). The molecule has 2 heterocycles. The number of hydrogen-bond donors (Lipinski definition) is 0. The molecule has 0 spiro atoms. The van der Waals surface area contributed by atoms with Crippen molar-refractivity contribution in [3.63, 3.8) is 0 Å². The highest BCUT2D eigenvalue weighted by Crippen LogP contribution is 2.12. The molecule has 0 aromatic rings. The van der Waals surface area contributed by atoms with E-state index in [0.29, 0.717) is 6.61 Å². The Labute approximate surface area is 96.8 Å². The van der Waals surface area contributed by atoms with E-state index in [4.69, 9.17) is 14.2 Å². The predicted octanol–water partition coefficient (Wildman–Crippen LogP) is 0.823. The van der Waals surface area contributed by atoms with Gasteiger partial charge in [0.05, 0.1) is 13.2 Å². The summed E-state index contributed by atoms with van der Waals surface area (Å²) in [4.78, 5) is 2.08. The second-order valence-electron chi connectivity index (χ2n) is 4.00. The summed E-state index contributed by atoms with van der Waals surface area (Å²) in [7, 11) is 0. The lowest BCUT2D eigenvalue weighted by molar-refractivity contribution is -0.154. The maximum Gasteiger partial charge on any atom is 0.158 e. The molecule has 1 atom stereocenters. The first-order chi connectivity index (χ1) is 7.95. The fraction of sp³-hybridized carbons (Fsp3) is 0.833. The average molecular weight is 225 g/mol. The van der Waals surface area contributed by atoms with E-state index in [2.05, 4.69) is 16.9 Å². The van der Waals surface area contributed by atoms with Gasteiger partial charge in [-0.1, -0.05) is 5.92 Å². The van der Waals surface area contributed by atoms with Gasteiger partial charge in [-0.2, -0.15) is 0 Å². The van der Waals surface area contributed by atoms with Crippen LogP contribution >= 0.6 is 0 Å². The van der Waals surface area contributed by atoms with Gasteiger partial charge in [0.25, 0.3) is 0 Å². The molecule has 0 unspecified atom stereocenters. The predicted molar refractivity (Wildman–Crippen MR) is 59.7 cm³/mol. The summed E-state index contributed by atoms with van der Waals surface area (Å²) in [5.41, 5.74) is 0. The largest absolute Gasteiger partial charge is 0.378 e. The lowest BCUT2D eigenvalue weighted by atomic mass is 10.2. The molecule has 2 saturated heterocycles. The third kappa shape index (κ3) is 4.01. The topological polar surface area (TPSA) is 30.9 Å². The Kier molecular flexibility index (Phi) is 4.94. The third-order valence-corrected chi connectivity index (χ3v) is 2.73. The molecule has 2 aliphatic rings.